The van der Waals surface area contributed by atoms with Crippen LogP contribution in [0.2, 0.25) is 10.6 Å². The van der Waals surface area contributed by atoms with E-state index in [9.17, 15) is 15.0 Å². The van der Waals surface area contributed by atoms with Gasteiger partial charge in [-0.25, -0.2) is 0 Å². The van der Waals surface area contributed by atoms with Crippen LogP contribution in [0.5, 0.6) is 0 Å². The maximum atomic E-state index is 10.7. The van der Waals surface area contributed by atoms with E-state index in [1.807, 2.05) is 0 Å². The zero-order chi connectivity index (χ0) is 18.0. The number of carboxylic acid groups (broad SMARTS) is 1. The molecule has 1 saturated heterocycles. The van der Waals surface area contributed by atoms with Gasteiger partial charge in [0.25, 0.3) is 0 Å². The van der Waals surface area contributed by atoms with Crippen LogP contribution in [-0.4, -0.2) is 80.1 Å². The van der Waals surface area contributed by atoms with Crippen LogP contribution in [0.25, 0.3) is 11.2 Å². The fourth-order valence-corrected chi connectivity index (χ4v) is 4.90. The first-order valence-corrected chi connectivity index (χ1v) is 10.1. The molecule has 3 rings (SSSR count). The van der Waals surface area contributed by atoms with Gasteiger partial charge in [0.15, 0.2) is 0 Å². The van der Waals surface area contributed by atoms with E-state index in [-0.39, 0.29) is 15.0 Å². The van der Waals surface area contributed by atoms with Crippen molar-refractivity contribution in [3.05, 3.63) is 18.9 Å². The molecule has 10 nitrogen and oxygen atoms in total. The molecular formula is C14H19N5O5Se. The van der Waals surface area contributed by atoms with Gasteiger partial charge in [-0.2, -0.15) is 0 Å². The van der Waals surface area contributed by atoms with E-state index in [1.165, 1.54) is 12.7 Å². The predicted octanol–water partition coefficient (Wildman–Crippen LogP) is -1.21. The normalized spacial score (nSPS) is 27.6. The fraction of sp³-hybridized carbons (Fsp3) is 0.571. The molecule has 3 heterocycles. The second-order valence-electron chi connectivity index (χ2n) is 5.74. The average Bonchev–Trinajstić information content (AvgIpc) is 3.14. The zero-order valence-electron chi connectivity index (χ0n) is 13.2. The molecule has 0 saturated carbocycles. The van der Waals surface area contributed by atoms with E-state index in [4.69, 9.17) is 15.6 Å². The number of aliphatic carboxylic acids is 1. The number of hydrogen-bond acceptors (Lipinski definition) is 8. The summed E-state index contributed by atoms with van der Waals surface area (Å²) in [6, 6.07) is -0.869. The molecule has 5 atom stereocenters. The van der Waals surface area contributed by atoms with Crippen molar-refractivity contribution in [1.82, 2.24) is 19.5 Å². The number of nitrogens with zero attached hydrogens (tertiary/aromatic N) is 4. The molecule has 5 N–H and O–H groups in total. The Morgan fingerprint density at radius 2 is 2.20 bits per heavy atom. The van der Waals surface area contributed by atoms with Crippen LogP contribution >= 0.6 is 0 Å². The summed E-state index contributed by atoms with van der Waals surface area (Å²) in [6.07, 6.45) is 1.38. The van der Waals surface area contributed by atoms with Crippen LogP contribution in [0.15, 0.2) is 18.9 Å². The van der Waals surface area contributed by atoms with Gasteiger partial charge in [-0.3, -0.25) is 0 Å². The number of rotatable bonds is 7. The molecule has 2 aromatic heterocycles. The first-order chi connectivity index (χ1) is 12.0. The Kier molecular flexibility index (Phi) is 5.62. The number of ether oxygens (including phenoxy) is 1. The molecule has 1 aliphatic rings. The van der Waals surface area contributed by atoms with Crippen molar-refractivity contribution in [1.29, 1.82) is 0 Å². The summed E-state index contributed by atoms with van der Waals surface area (Å²) in [4.78, 5) is 22.9. The molecule has 1 aliphatic heterocycles. The Hall–Kier alpha value is -1.62. The van der Waals surface area contributed by atoms with Crippen LogP contribution in [-0.2, 0) is 9.53 Å². The van der Waals surface area contributed by atoms with Crippen LogP contribution in [0.4, 0.5) is 0 Å². The standard InChI is InChI=1S/C14H19N5O5Se/c15-7(14(22)23)1-2-25-4-9-10(20)11(21)13(24-9)19-6-18-8-3-16-5-17-12(8)19/h3,5-7,9-11,13,20-21H,1-2,4,15H2,(H,22,23)/t7?,9-,10-,11-,13-/m1/s1. The summed E-state index contributed by atoms with van der Waals surface area (Å²) in [7, 11) is 0. The second kappa shape index (κ2) is 7.73. The SMILES string of the molecule is NC(CC[Se]C[C@H]1O[C@@H](n2cnc3cncnc32)[C@H](O)[C@@H]1O)C(=O)O. The molecule has 136 valence electrons. The van der Waals surface area contributed by atoms with Crippen LogP contribution in [0.1, 0.15) is 12.6 Å². The number of carboxylic acids is 1. The summed E-state index contributed by atoms with van der Waals surface area (Å²) >= 11 is 0.0481. The van der Waals surface area contributed by atoms with Gasteiger partial charge >= 0.3 is 149 Å². The summed E-state index contributed by atoms with van der Waals surface area (Å²) in [5.74, 6) is -1.02. The topological polar surface area (TPSA) is 157 Å². The summed E-state index contributed by atoms with van der Waals surface area (Å²) in [5, 5.41) is 30.5. The summed E-state index contributed by atoms with van der Waals surface area (Å²) in [6.45, 7) is 0. The second-order valence-corrected chi connectivity index (χ2v) is 8.15. The summed E-state index contributed by atoms with van der Waals surface area (Å²) < 4.78 is 7.41. The monoisotopic (exact) mass is 417 g/mol. The Labute approximate surface area is 149 Å². The van der Waals surface area contributed by atoms with Crippen molar-refractivity contribution in [3.8, 4) is 0 Å². The third-order valence-electron chi connectivity index (χ3n) is 4.02. The Bertz CT molecular complexity index is 743. The summed E-state index contributed by atoms with van der Waals surface area (Å²) in [5.41, 5.74) is 6.56. The molecule has 1 fully saturated rings. The van der Waals surface area contributed by atoms with Gasteiger partial charge in [-0.05, 0) is 0 Å². The third-order valence-corrected chi connectivity index (χ3v) is 6.31. The molecule has 0 aromatic carbocycles. The van der Waals surface area contributed by atoms with E-state index in [1.54, 1.807) is 10.8 Å². The number of aliphatic hydroxyl groups excluding tert-OH is 2. The molecule has 25 heavy (non-hydrogen) atoms. The van der Waals surface area contributed by atoms with Crippen LogP contribution in [0, 0.1) is 0 Å². The van der Waals surface area contributed by atoms with E-state index < -0.39 is 36.6 Å². The van der Waals surface area contributed by atoms with E-state index in [0.717, 1.165) is 0 Å². The average molecular weight is 416 g/mol. The van der Waals surface area contributed by atoms with Gasteiger partial charge in [0, 0.05) is 0 Å². The Morgan fingerprint density at radius 3 is 2.96 bits per heavy atom. The number of aromatic nitrogens is 4. The van der Waals surface area contributed by atoms with Crippen molar-refractivity contribution < 1.29 is 24.9 Å². The molecule has 0 bridgehead atoms. The molecule has 0 radical (unpaired) electrons. The maximum absolute atomic E-state index is 10.7. The van der Waals surface area contributed by atoms with E-state index >= 15 is 0 Å². The van der Waals surface area contributed by atoms with E-state index in [2.05, 4.69) is 15.0 Å². The molecule has 0 spiro atoms. The Balaban J connectivity index is 1.60. The van der Waals surface area contributed by atoms with Crippen molar-refractivity contribution in [2.45, 2.75) is 47.6 Å². The van der Waals surface area contributed by atoms with Gasteiger partial charge in [0.05, 0.1) is 0 Å². The molecule has 11 heteroatoms. The number of nitrogens with two attached hydrogens (primary N) is 1. The molecule has 1 unspecified atom stereocenters. The number of fused-ring (bicyclic) bond motifs is 1. The minimum atomic E-state index is -1.10. The van der Waals surface area contributed by atoms with Gasteiger partial charge in [0.2, 0.25) is 0 Å². The quantitative estimate of drug-likeness (QED) is 0.321. The predicted molar refractivity (Wildman–Crippen MR) is 86.8 cm³/mol. The minimum absolute atomic E-state index is 0.0481. The fourth-order valence-electron chi connectivity index (χ4n) is 2.60. The molecule has 0 amide bonds. The van der Waals surface area contributed by atoms with Crippen molar-refractivity contribution >= 4 is 32.1 Å². The van der Waals surface area contributed by atoms with Gasteiger partial charge in [0.1, 0.15) is 0 Å². The van der Waals surface area contributed by atoms with Gasteiger partial charge < -0.3 is 0 Å². The number of carbonyl (C=O) groups is 1. The van der Waals surface area contributed by atoms with Crippen molar-refractivity contribution in [2.75, 3.05) is 0 Å². The van der Waals surface area contributed by atoms with Crippen LogP contribution in [0.3, 0.4) is 0 Å². The number of aliphatic hydroxyl groups is 2. The Morgan fingerprint density at radius 1 is 1.40 bits per heavy atom. The van der Waals surface area contributed by atoms with Crippen molar-refractivity contribution in [2.24, 2.45) is 5.73 Å². The molecule has 0 aliphatic carbocycles. The molecule has 2 aromatic rings. The zero-order valence-corrected chi connectivity index (χ0v) is 14.9. The first kappa shape index (κ1) is 18.2. The molecular weight excluding hydrogens is 397 g/mol. The van der Waals surface area contributed by atoms with Crippen molar-refractivity contribution in [3.63, 3.8) is 0 Å². The van der Waals surface area contributed by atoms with E-state index in [0.29, 0.717) is 28.2 Å². The van der Waals surface area contributed by atoms with Gasteiger partial charge in [-0.15, -0.1) is 0 Å². The number of imidazole rings is 1. The first-order valence-electron chi connectivity index (χ1n) is 7.69. The number of hydrogen-bond donors (Lipinski definition) is 4. The van der Waals surface area contributed by atoms with Crippen LogP contribution < -0.4 is 5.73 Å². The third kappa shape index (κ3) is 3.81. The van der Waals surface area contributed by atoms with Gasteiger partial charge in [-0.1, -0.05) is 0 Å².